The van der Waals surface area contributed by atoms with Crippen LogP contribution in [0.5, 0.6) is 0 Å². The number of nitrogens with zero attached hydrogens (tertiary/aromatic N) is 1. The summed E-state index contributed by atoms with van der Waals surface area (Å²) in [6, 6.07) is 6.41. The molecular formula is C83H151N7O24. The number of nitrogens with one attached hydrogen (secondary N) is 5. The number of carbonyl (C=O) groups is 12. The normalized spacial score (nSPS) is 12.7. The SMILES string of the molecule is CC(C)OCCC(=O)C(CN)NC(=O)COC(C)C.CC(C)OCCC(=O)CNC(=O)COC(C)C.CC(C)OCCC(=O)CNC(=O)COC(C)C.CC(C)OCCC(=O)N1CCCC1COC(C)C.CC(C)OCCC(=O)c1ccc(C(=O)CCOC(C)C)cc1.CC(C)OCNC(=O)CCC(=O)CNC(=O)COC(C)C. The summed E-state index contributed by atoms with van der Waals surface area (Å²) in [5.74, 6) is -1.60. The number of ether oxygens (including phenoxy) is 12. The number of rotatable bonds is 56. The molecule has 2 atom stereocenters. The summed E-state index contributed by atoms with van der Waals surface area (Å²) >= 11 is 0. The maximum atomic E-state index is 12.1. The first-order valence-corrected chi connectivity index (χ1v) is 40.4. The van der Waals surface area contributed by atoms with E-state index in [1.54, 1.807) is 24.3 Å². The summed E-state index contributed by atoms with van der Waals surface area (Å²) in [5.41, 5.74) is 6.72. The molecule has 1 saturated heterocycles. The zero-order chi connectivity index (χ0) is 87.7. The lowest BCUT2D eigenvalue weighted by molar-refractivity contribution is -0.135. The first-order valence-electron chi connectivity index (χ1n) is 40.4. The molecule has 1 heterocycles. The minimum absolute atomic E-state index is 0.00651. The van der Waals surface area contributed by atoms with Crippen LogP contribution in [-0.2, 0) is 105 Å². The third kappa shape index (κ3) is 76.8. The van der Waals surface area contributed by atoms with E-state index in [9.17, 15) is 57.5 Å². The van der Waals surface area contributed by atoms with Crippen LogP contribution >= 0.6 is 0 Å². The van der Waals surface area contributed by atoms with Crippen LogP contribution in [0.25, 0.3) is 0 Å². The van der Waals surface area contributed by atoms with Crippen molar-refractivity contribution >= 4 is 70.1 Å². The number of hydrogen-bond acceptors (Lipinski definition) is 25. The Morgan fingerprint density at radius 2 is 0.658 bits per heavy atom. The fraction of sp³-hybridized carbons (Fsp3) is 0.783. The zero-order valence-corrected chi connectivity index (χ0v) is 73.8. The van der Waals surface area contributed by atoms with E-state index in [0.717, 1.165) is 19.4 Å². The number of Topliss-reactive ketones (excluding diaryl/α,β-unsaturated/α-hetero) is 6. The Bertz CT molecular complexity index is 2670. The quantitative estimate of drug-likeness (QED) is 0.0263. The third-order valence-corrected chi connectivity index (χ3v) is 14.6. The van der Waals surface area contributed by atoms with Crippen molar-refractivity contribution in [2.24, 2.45) is 5.73 Å². The van der Waals surface area contributed by atoms with Gasteiger partial charge in [-0.05, 0) is 179 Å². The van der Waals surface area contributed by atoms with Crippen molar-refractivity contribution in [1.82, 2.24) is 31.5 Å². The largest absolute Gasteiger partial charge is 0.378 e. The highest BCUT2D eigenvalue weighted by atomic mass is 16.5. The molecule has 31 heteroatoms. The molecule has 1 fully saturated rings. The molecule has 662 valence electrons. The van der Waals surface area contributed by atoms with Gasteiger partial charge in [0.15, 0.2) is 34.7 Å². The topological polar surface area (TPSA) is 405 Å². The van der Waals surface area contributed by atoms with E-state index in [1.807, 2.05) is 171 Å². The number of ketones is 6. The summed E-state index contributed by atoms with van der Waals surface area (Å²) in [4.78, 5) is 141. The highest BCUT2D eigenvalue weighted by molar-refractivity contribution is 5.99. The second kappa shape index (κ2) is 71.8. The predicted molar refractivity (Wildman–Crippen MR) is 438 cm³/mol. The molecule has 7 N–H and O–H groups in total. The van der Waals surface area contributed by atoms with Crippen molar-refractivity contribution in [3.8, 4) is 0 Å². The van der Waals surface area contributed by atoms with Crippen molar-refractivity contribution < 1.29 is 114 Å². The fourth-order valence-electron chi connectivity index (χ4n) is 8.57. The maximum absolute atomic E-state index is 12.1. The van der Waals surface area contributed by atoms with Crippen LogP contribution in [0.2, 0.25) is 0 Å². The summed E-state index contributed by atoms with van der Waals surface area (Å²) < 4.78 is 63.2. The van der Waals surface area contributed by atoms with Crippen LogP contribution in [-0.4, -0.2) is 273 Å². The second-order valence-electron chi connectivity index (χ2n) is 29.9. The molecule has 114 heavy (non-hydrogen) atoms. The van der Waals surface area contributed by atoms with Gasteiger partial charge in [0.05, 0.1) is 158 Å². The van der Waals surface area contributed by atoms with E-state index in [0.29, 0.717) is 89.5 Å². The Hall–Kier alpha value is -6.46. The Balaban J connectivity index is -0.000000639. The van der Waals surface area contributed by atoms with Gasteiger partial charge in [-0.25, -0.2) is 0 Å². The molecule has 1 aliphatic heterocycles. The number of nitrogens with two attached hydrogens (primary N) is 1. The number of amides is 6. The minimum Gasteiger partial charge on any atom is -0.378 e. The van der Waals surface area contributed by atoms with Crippen LogP contribution < -0.4 is 32.3 Å². The Labute approximate surface area is 682 Å². The minimum atomic E-state index is -0.668. The molecule has 1 aliphatic rings. The molecule has 0 saturated carbocycles. The molecule has 1 aromatic rings. The van der Waals surface area contributed by atoms with Gasteiger partial charge in [-0.1, -0.05) is 24.3 Å². The van der Waals surface area contributed by atoms with Gasteiger partial charge in [0, 0.05) is 69.2 Å². The van der Waals surface area contributed by atoms with E-state index >= 15 is 0 Å². The summed E-state index contributed by atoms with van der Waals surface area (Å²) in [6.07, 6.45) is 5.37. The maximum Gasteiger partial charge on any atom is 0.246 e. The third-order valence-electron chi connectivity index (χ3n) is 14.6. The van der Waals surface area contributed by atoms with Crippen LogP contribution in [0, 0.1) is 0 Å². The Morgan fingerprint density at radius 3 is 0.991 bits per heavy atom. The first-order chi connectivity index (χ1) is 53.4. The van der Waals surface area contributed by atoms with E-state index in [1.165, 1.54) is 0 Å². The van der Waals surface area contributed by atoms with Gasteiger partial charge in [-0.3, -0.25) is 57.5 Å². The van der Waals surface area contributed by atoms with Crippen molar-refractivity contribution in [3.05, 3.63) is 35.4 Å². The number of likely N-dealkylation sites (tertiary alicyclic amines) is 1. The molecule has 1 aromatic carbocycles. The van der Waals surface area contributed by atoms with Crippen molar-refractivity contribution in [1.29, 1.82) is 0 Å². The number of benzene rings is 1. The smallest absolute Gasteiger partial charge is 0.246 e. The summed E-state index contributed by atoms with van der Waals surface area (Å²) in [6.45, 7) is 49.7. The molecule has 2 rings (SSSR count). The van der Waals surface area contributed by atoms with Gasteiger partial charge in [0.25, 0.3) is 0 Å². The lowest BCUT2D eigenvalue weighted by Crippen LogP contribution is -2.47. The summed E-state index contributed by atoms with van der Waals surface area (Å²) in [5, 5.41) is 12.6. The molecule has 0 aromatic heterocycles. The van der Waals surface area contributed by atoms with E-state index in [2.05, 4.69) is 26.6 Å². The van der Waals surface area contributed by atoms with Gasteiger partial charge >= 0.3 is 0 Å². The van der Waals surface area contributed by atoms with E-state index in [4.69, 9.17) is 62.6 Å². The summed E-state index contributed by atoms with van der Waals surface area (Å²) in [7, 11) is 0. The molecule has 31 nitrogen and oxygen atoms in total. The fourth-order valence-corrected chi connectivity index (χ4v) is 8.57. The van der Waals surface area contributed by atoms with Gasteiger partial charge in [0.2, 0.25) is 35.4 Å². The lowest BCUT2D eigenvalue weighted by Gasteiger charge is -2.25. The molecular weight excluding hydrogens is 1480 g/mol. The monoisotopic (exact) mass is 1630 g/mol. The first kappa shape index (κ1) is 114. The molecule has 0 bridgehead atoms. The van der Waals surface area contributed by atoms with E-state index < -0.39 is 6.04 Å². The van der Waals surface area contributed by atoms with Crippen LogP contribution in [0.4, 0.5) is 0 Å². The lowest BCUT2D eigenvalue weighted by atomic mass is 10.0. The van der Waals surface area contributed by atoms with Crippen molar-refractivity contribution in [3.63, 3.8) is 0 Å². The second-order valence-corrected chi connectivity index (χ2v) is 29.9. The average Bonchev–Trinajstić information content (AvgIpc) is 0.890. The number of carbonyl (C=O) groups excluding carboxylic acids is 12. The molecule has 0 aliphatic carbocycles. The predicted octanol–water partition coefficient (Wildman–Crippen LogP) is 8.34. The number of hydrogen-bond donors (Lipinski definition) is 6. The standard InChI is InChI=1S/C18H26O4.C14H26N2O5.C14H27NO3.C13H26N2O4.2C12H23NO4/c1-13(2)21-11-9-17(19)15-5-7-16(8-6-15)18(20)10-12-22-14(3)4;1-10(2)20-8-14(19)15-7-12(17)5-6-13(18)16-9-21-11(3)4;1-11(2)17-9-7-14(16)15-8-5-6-13(15)10-18-12(3)4;1-9(2)18-6-5-12(16)11(7-14)15-13(17)8-19-10(3)4;2*1-9(2)16-6-5-11(14)7-13-12(15)8-17-10(3)4/h5-8,13-14H,9-12H2,1-4H3;10-11H,5-9H2,1-4H3,(H,15,19)(H,16,18);11-13H,5-10H2,1-4H3;9-11H,5-8,14H2,1-4H3,(H,15,17);2*9-10H,5-8H2,1-4H3,(H,13,15). The molecule has 0 spiro atoms. The van der Waals surface area contributed by atoms with Gasteiger partial charge in [0.1, 0.15) is 33.2 Å². The molecule has 6 amide bonds. The molecule has 0 radical (unpaired) electrons. The highest BCUT2D eigenvalue weighted by Gasteiger charge is 2.29. The van der Waals surface area contributed by atoms with Gasteiger partial charge < -0.3 is 94.1 Å². The Kier molecular flexibility index (Phi) is 71.7. The van der Waals surface area contributed by atoms with Gasteiger partial charge in [-0.2, -0.15) is 0 Å². The Morgan fingerprint density at radius 1 is 0.351 bits per heavy atom. The van der Waals surface area contributed by atoms with Crippen LogP contribution in [0.15, 0.2) is 24.3 Å². The van der Waals surface area contributed by atoms with Crippen LogP contribution in [0.1, 0.15) is 251 Å². The zero-order valence-electron chi connectivity index (χ0n) is 73.8. The van der Waals surface area contributed by atoms with Crippen molar-refractivity contribution in [2.45, 2.75) is 316 Å². The average molecular weight is 1630 g/mol. The van der Waals surface area contributed by atoms with Crippen molar-refractivity contribution in [2.75, 3.05) is 112 Å². The van der Waals surface area contributed by atoms with E-state index in [-0.39, 0.29) is 228 Å². The molecule has 2 unspecified atom stereocenters. The highest BCUT2D eigenvalue weighted by Crippen LogP contribution is 2.19. The van der Waals surface area contributed by atoms with Crippen LogP contribution in [0.3, 0.4) is 0 Å². The van der Waals surface area contributed by atoms with Gasteiger partial charge in [-0.15, -0.1) is 0 Å².